The van der Waals surface area contributed by atoms with E-state index in [2.05, 4.69) is 0 Å². The molecule has 0 unspecified atom stereocenters. The van der Waals surface area contributed by atoms with Crippen LogP contribution < -0.4 is 4.74 Å². The molecule has 0 radical (unpaired) electrons. The van der Waals surface area contributed by atoms with Gasteiger partial charge in [0.2, 0.25) is 0 Å². The highest BCUT2D eigenvalue weighted by molar-refractivity contribution is 6.30. The summed E-state index contributed by atoms with van der Waals surface area (Å²) in [4.78, 5) is 14.4. The van der Waals surface area contributed by atoms with E-state index in [-0.39, 0.29) is 12.5 Å². The Morgan fingerprint density at radius 1 is 1.00 bits per heavy atom. The van der Waals surface area contributed by atoms with Crippen molar-refractivity contribution in [2.24, 2.45) is 0 Å². The number of carbonyl (C=O) groups is 1. The minimum absolute atomic E-state index is 0.00241. The fraction of sp³-hybridized carbons (Fsp3) is 0.278. The fourth-order valence-electron chi connectivity index (χ4n) is 2.35. The second-order valence-electron chi connectivity index (χ2n) is 5.62. The molecular weight excluding hydrogens is 333 g/mol. The van der Waals surface area contributed by atoms with E-state index < -0.39 is 0 Å². The molecule has 1 amide bonds. The second kappa shape index (κ2) is 7.24. The average Bonchev–Trinajstić information content (AvgIpc) is 3.38. The van der Waals surface area contributed by atoms with E-state index in [1.165, 1.54) is 0 Å². The molecule has 2 aromatic rings. The Morgan fingerprint density at radius 2 is 1.57 bits per heavy atom. The SMILES string of the molecule is O=C(COc1ccc(Cl)cc1)N(Cc1ccc(Cl)cc1)C1CC1. The maximum absolute atomic E-state index is 12.5. The van der Waals surface area contributed by atoms with Crippen molar-refractivity contribution in [3.63, 3.8) is 0 Å². The molecule has 0 bridgehead atoms. The lowest BCUT2D eigenvalue weighted by atomic mass is 10.2. The first-order valence-corrected chi connectivity index (χ1v) is 8.30. The Morgan fingerprint density at radius 3 is 2.13 bits per heavy atom. The van der Waals surface area contributed by atoms with Crippen LogP contribution in [0.25, 0.3) is 0 Å². The van der Waals surface area contributed by atoms with Crippen molar-refractivity contribution in [1.29, 1.82) is 0 Å². The lowest BCUT2D eigenvalue weighted by molar-refractivity contribution is -0.134. The minimum Gasteiger partial charge on any atom is -0.484 e. The molecule has 0 aromatic heterocycles. The zero-order valence-corrected chi connectivity index (χ0v) is 14.1. The van der Waals surface area contributed by atoms with E-state index in [4.69, 9.17) is 27.9 Å². The molecule has 2 aromatic carbocycles. The maximum atomic E-state index is 12.5. The van der Waals surface area contributed by atoms with Crippen LogP contribution in [0.4, 0.5) is 0 Å². The lowest BCUT2D eigenvalue weighted by Gasteiger charge is -2.22. The highest BCUT2D eigenvalue weighted by Gasteiger charge is 2.32. The Balaban J connectivity index is 1.60. The van der Waals surface area contributed by atoms with Crippen molar-refractivity contribution in [2.75, 3.05) is 6.61 Å². The molecule has 0 atom stereocenters. The lowest BCUT2D eigenvalue weighted by Crippen LogP contribution is -2.36. The van der Waals surface area contributed by atoms with Gasteiger partial charge in [-0.2, -0.15) is 0 Å². The smallest absolute Gasteiger partial charge is 0.261 e. The van der Waals surface area contributed by atoms with Crippen molar-refractivity contribution in [3.05, 3.63) is 64.1 Å². The first kappa shape index (κ1) is 16.2. The van der Waals surface area contributed by atoms with Gasteiger partial charge in [0, 0.05) is 22.6 Å². The largest absolute Gasteiger partial charge is 0.484 e. The molecule has 23 heavy (non-hydrogen) atoms. The van der Waals surface area contributed by atoms with Crippen molar-refractivity contribution >= 4 is 29.1 Å². The fourth-order valence-corrected chi connectivity index (χ4v) is 2.60. The molecule has 120 valence electrons. The van der Waals surface area contributed by atoms with Gasteiger partial charge in [0.25, 0.3) is 5.91 Å². The summed E-state index contributed by atoms with van der Waals surface area (Å²) in [6.07, 6.45) is 2.11. The summed E-state index contributed by atoms with van der Waals surface area (Å²) in [5.74, 6) is 0.641. The molecule has 0 saturated heterocycles. The Bertz CT molecular complexity index is 666. The number of hydrogen-bond acceptors (Lipinski definition) is 2. The normalized spacial score (nSPS) is 13.7. The molecule has 5 heteroatoms. The van der Waals surface area contributed by atoms with Crippen LogP contribution in [0, 0.1) is 0 Å². The van der Waals surface area contributed by atoms with E-state index in [9.17, 15) is 4.79 Å². The molecule has 0 heterocycles. The first-order valence-electron chi connectivity index (χ1n) is 7.54. The quantitative estimate of drug-likeness (QED) is 0.764. The van der Waals surface area contributed by atoms with Gasteiger partial charge in [0.1, 0.15) is 5.75 Å². The van der Waals surface area contributed by atoms with Gasteiger partial charge in [0.05, 0.1) is 0 Å². The molecule has 1 aliphatic rings. The number of halogens is 2. The average molecular weight is 350 g/mol. The van der Waals surface area contributed by atoms with E-state index in [1.807, 2.05) is 29.2 Å². The van der Waals surface area contributed by atoms with Crippen LogP contribution in [0.2, 0.25) is 10.0 Å². The van der Waals surface area contributed by atoms with Gasteiger partial charge in [0.15, 0.2) is 6.61 Å². The predicted octanol–water partition coefficient (Wildman–Crippen LogP) is 4.56. The Labute approximate surface area is 145 Å². The second-order valence-corrected chi connectivity index (χ2v) is 6.49. The molecular formula is C18H17Cl2NO2. The minimum atomic E-state index is -0.00241. The number of carbonyl (C=O) groups excluding carboxylic acids is 1. The van der Waals surface area contributed by atoms with E-state index in [0.717, 1.165) is 18.4 Å². The van der Waals surface area contributed by atoms with Gasteiger partial charge in [-0.15, -0.1) is 0 Å². The van der Waals surface area contributed by atoms with Crippen LogP contribution in [0.5, 0.6) is 5.75 Å². The van der Waals surface area contributed by atoms with Gasteiger partial charge < -0.3 is 9.64 Å². The predicted molar refractivity (Wildman–Crippen MR) is 92.0 cm³/mol. The molecule has 1 saturated carbocycles. The number of rotatable bonds is 6. The topological polar surface area (TPSA) is 29.5 Å². The van der Waals surface area contributed by atoms with E-state index in [1.54, 1.807) is 24.3 Å². The van der Waals surface area contributed by atoms with Crippen LogP contribution in [-0.4, -0.2) is 23.5 Å². The van der Waals surface area contributed by atoms with Gasteiger partial charge >= 0.3 is 0 Å². The van der Waals surface area contributed by atoms with Crippen molar-refractivity contribution < 1.29 is 9.53 Å². The summed E-state index contributed by atoms with van der Waals surface area (Å²) >= 11 is 11.7. The van der Waals surface area contributed by atoms with Crippen LogP contribution in [0.3, 0.4) is 0 Å². The standard InChI is InChI=1S/C18H17Cl2NO2/c19-14-3-1-13(2-4-14)11-21(16-7-8-16)18(22)12-23-17-9-5-15(20)6-10-17/h1-6,9-10,16H,7-8,11-12H2. The van der Waals surface area contributed by atoms with Crippen molar-refractivity contribution in [2.45, 2.75) is 25.4 Å². The van der Waals surface area contributed by atoms with Crippen LogP contribution >= 0.6 is 23.2 Å². The third kappa shape index (κ3) is 4.63. The summed E-state index contributed by atoms with van der Waals surface area (Å²) in [6, 6.07) is 14.9. The third-order valence-electron chi connectivity index (χ3n) is 3.75. The van der Waals surface area contributed by atoms with Crippen LogP contribution in [-0.2, 0) is 11.3 Å². The zero-order chi connectivity index (χ0) is 16.2. The zero-order valence-electron chi connectivity index (χ0n) is 12.5. The number of ether oxygens (including phenoxy) is 1. The summed E-state index contributed by atoms with van der Waals surface area (Å²) in [7, 11) is 0. The molecule has 0 N–H and O–H groups in total. The summed E-state index contributed by atoms with van der Waals surface area (Å²) in [6.45, 7) is 0.621. The number of amides is 1. The van der Waals surface area contributed by atoms with E-state index in [0.29, 0.717) is 28.4 Å². The molecule has 1 fully saturated rings. The van der Waals surface area contributed by atoms with Gasteiger partial charge in [-0.3, -0.25) is 4.79 Å². The van der Waals surface area contributed by atoms with Crippen LogP contribution in [0.1, 0.15) is 18.4 Å². The Kier molecular flexibility index (Phi) is 5.09. The van der Waals surface area contributed by atoms with Gasteiger partial charge in [-0.1, -0.05) is 35.3 Å². The molecule has 1 aliphatic carbocycles. The van der Waals surface area contributed by atoms with Gasteiger partial charge in [-0.05, 0) is 54.8 Å². The molecule has 3 nitrogen and oxygen atoms in total. The maximum Gasteiger partial charge on any atom is 0.261 e. The van der Waals surface area contributed by atoms with Gasteiger partial charge in [-0.25, -0.2) is 0 Å². The number of nitrogens with zero attached hydrogens (tertiary/aromatic N) is 1. The summed E-state index contributed by atoms with van der Waals surface area (Å²) in [5, 5.41) is 1.34. The third-order valence-corrected chi connectivity index (χ3v) is 4.25. The molecule has 3 rings (SSSR count). The van der Waals surface area contributed by atoms with Crippen LogP contribution in [0.15, 0.2) is 48.5 Å². The highest BCUT2D eigenvalue weighted by atomic mass is 35.5. The summed E-state index contributed by atoms with van der Waals surface area (Å²) < 4.78 is 5.57. The monoisotopic (exact) mass is 349 g/mol. The van der Waals surface area contributed by atoms with E-state index >= 15 is 0 Å². The molecule has 0 spiro atoms. The Hall–Kier alpha value is -1.71. The van der Waals surface area contributed by atoms with Crippen molar-refractivity contribution in [1.82, 2.24) is 4.90 Å². The first-order chi connectivity index (χ1) is 11.1. The molecule has 0 aliphatic heterocycles. The summed E-state index contributed by atoms with van der Waals surface area (Å²) in [5.41, 5.74) is 1.07. The number of hydrogen-bond donors (Lipinski definition) is 0. The number of benzene rings is 2. The highest BCUT2D eigenvalue weighted by Crippen LogP contribution is 2.29. The van der Waals surface area contributed by atoms with Crippen molar-refractivity contribution in [3.8, 4) is 5.75 Å².